The lowest BCUT2D eigenvalue weighted by molar-refractivity contribution is 0.331. The summed E-state index contributed by atoms with van der Waals surface area (Å²) in [4.78, 5) is 2.40. The van der Waals surface area contributed by atoms with Gasteiger partial charge in [0.05, 0.1) is 0 Å². The van der Waals surface area contributed by atoms with Crippen LogP contribution in [0.4, 0.5) is 0 Å². The van der Waals surface area contributed by atoms with Crippen molar-refractivity contribution in [2.45, 2.75) is 25.8 Å². The minimum Gasteiger partial charge on any atom is -0.304 e. The maximum Gasteiger partial charge on any atom is 0.321 e. The Morgan fingerprint density at radius 1 is 1.60 bits per heavy atom. The average Bonchev–Trinajstić information content (AvgIpc) is 2.19. The molecular weight excluding hydrogens is 145 g/mol. The molecule has 3 heteroatoms. The molecule has 0 amide bonds. The predicted octanol–water partition coefficient (Wildman–Crippen LogP) is 1.74. The summed E-state index contributed by atoms with van der Waals surface area (Å²) in [6.07, 6.45) is 2.80. The van der Waals surface area contributed by atoms with Crippen LogP contribution in [0.1, 0.15) is 19.8 Å². The van der Waals surface area contributed by atoms with Crippen LogP contribution in [0.5, 0.6) is 0 Å². The van der Waals surface area contributed by atoms with Gasteiger partial charge in [0.2, 0.25) is 0 Å². The SMILES string of the molecule is CC1CCCN1C.C[PH+]=O. The van der Waals surface area contributed by atoms with Gasteiger partial charge in [0.1, 0.15) is 6.66 Å². The van der Waals surface area contributed by atoms with Gasteiger partial charge in [0.25, 0.3) is 0 Å². The Kier molecular flexibility index (Phi) is 5.85. The Hall–Kier alpha value is 0.0600. The first-order chi connectivity index (χ1) is 4.72. The van der Waals surface area contributed by atoms with Gasteiger partial charge in [-0.25, -0.2) is 0 Å². The van der Waals surface area contributed by atoms with Crippen molar-refractivity contribution >= 4 is 8.46 Å². The van der Waals surface area contributed by atoms with Gasteiger partial charge in [-0.2, -0.15) is 0 Å². The first kappa shape index (κ1) is 10.1. The van der Waals surface area contributed by atoms with Gasteiger partial charge in [0, 0.05) is 6.04 Å². The summed E-state index contributed by atoms with van der Waals surface area (Å²) in [5.41, 5.74) is 0. The average molecular weight is 162 g/mol. The molecule has 0 radical (unpaired) electrons. The van der Waals surface area contributed by atoms with E-state index in [1.165, 1.54) is 19.4 Å². The minimum atomic E-state index is -0.167. The Bertz CT molecular complexity index is 89.6. The lowest BCUT2D eigenvalue weighted by Crippen LogP contribution is -2.20. The molecule has 0 aromatic rings. The van der Waals surface area contributed by atoms with Crippen LogP contribution >= 0.6 is 8.46 Å². The zero-order chi connectivity index (χ0) is 7.98. The topological polar surface area (TPSA) is 20.3 Å². The summed E-state index contributed by atoms with van der Waals surface area (Å²) >= 11 is 0. The summed E-state index contributed by atoms with van der Waals surface area (Å²) < 4.78 is 8.96. The van der Waals surface area contributed by atoms with E-state index in [0.29, 0.717) is 0 Å². The first-order valence-electron chi connectivity index (χ1n) is 3.71. The first-order valence-corrected chi connectivity index (χ1v) is 5.12. The number of hydrogen-bond acceptors (Lipinski definition) is 2. The van der Waals surface area contributed by atoms with E-state index in [1.54, 1.807) is 6.66 Å². The molecule has 1 saturated heterocycles. The van der Waals surface area contributed by atoms with Gasteiger partial charge in [-0.15, -0.1) is 0 Å². The van der Waals surface area contributed by atoms with Gasteiger partial charge >= 0.3 is 8.46 Å². The van der Waals surface area contributed by atoms with Crippen molar-refractivity contribution in [3.05, 3.63) is 0 Å². The molecule has 60 valence electrons. The van der Waals surface area contributed by atoms with Crippen molar-refractivity contribution in [1.82, 2.24) is 4.90 Å². The summed E-state index contributed by atoms with van der Waals surface area (Å²) in [6, 6.07) is 0.847. The van der Waals surface area contributed by atoms with Gasteiger partial charge < -0.3 is 4.90 Å². The molecule has 10 heavy (non-hydrogen) atoms. The number of likely N-dealkylation sites (tertiary alicyclic amines) is 1. The highest BCUT2D eigenvalue weighted by Gasteiger charge is 2.14. The third-order valence-electron chi connectivity index (χ3n) is 1.89. The Balaban J connectivity index is 0.000000236. The van der Waals surface area contributed by atoms with Crippen LogP contribution < -0.4 is 0 Å². The molecule has 2 unspecified atom stereocenters. The second-order valence-electron chi connectivity index (χ2n) is 2.68. The van der Waals surface area contributed by atoms with Crippen LogP contribution in [0.3, 0.4) is 0 Å². The maximum atomic E-state index is 8.96. The molecule has 0 aliphatic carbocycles. The van der Waals surface area contributed by atoms with Crippen LogP contribution in [0.2, 0.25) is 0 Å². The second kappa shape index (κ2) is 5.82. The fraction of sp³-hybridized carbons (Fsp3) is 1.00. The van der Waals surface area contributed by atoms with Crippen LogP contribution in [0.25, 0.3) is 0 Å². The molecule has 0 aromatic carbocycles. The zero-order valence-corrected chi connectivity index (χ0v) is 8.05. The van der Waals surface area contributed by atoms with Crippen molar-refractivity contribution in [3.63, 3.8) is 0 Å². The van der Waals surface area contributed by atoms with Crippen LogP contribution in [-0.2, 0) is 4.57 Å². The molecule has 2 nitrogen and oxygen atoms in total. The van der Waals surface area contributed by atoms with Crippen molar-refractivity contribution in [3.8, 4) is 0 Å². The molecule has 0 bridgehead atoms. The van der Waals surface area contributed by atoms with E-state index >= 15 is 0 Å². The second-order valence-corrected chi connectivity index (χ2v) is 3.08. The summed E-state index contributed by atoms with van der Waals surface area (Å²) in [5.74, 6) is 0. The van der Waals surface area contributed by atoms with E-state index in [-0.39, 0.29) is 8.46 Å². The summed E-state index contributed by atoms with van der Waals surface area (Å²) in [6.45, 7) is 5.19. The monoisotopic (exact) mass is 162 g/mol. The molecule has 0 spiro atoms. The standard InChI is InChI=1S/C6H13N.CH3OP/c1-6-4-3-5-7(6)2;1-3-2/h6H,3-5H2,1-2H3;1H3/p+1. The molecule has 0 N–H and O–H groups in total. The lowest BCUT2D eigenvalue weighted by Gasteiger charge is -2.12. The summed E-state index contributed by atoms with van der Waals surface area (Å²) in [7, 11) is 2.03. The Labute approximate surface area is 64.8 Å². The van der Waals surface area contributed by atoms with Gasteiger partial charge in [-0.1, -0.05) is 4.57 Å². The van der Waals surface area contributed by atoms with Gasteiger partial charge in [0.15, 0.2) is 0 Å². The zero-order valence-electron chi connectivity index (χ0n) is 7.05. The van der Waals surface area contributed by atoms with Crippen molar-refractivity contribution in [1.29, 1.82) is 0 Å². The van der Waals surface area contributed by atoms with Crippen LogP contribution in [-0.4, -0.2) is 31.2 Å². The molecule has 1 fully saturated rings. The fourth-order valence-electron chi connectivity index (χ4n) is 1.08. The van der Waals surface area contributed by atoms with Crippen molar-refractivity contribution in [2.24, 2.45) is 0 Å². The normalized spacial score (nSPS) is 26.1. The fourth-order valence-corrected chi connectivity index (χ4v) is 1.08. The molecule has 0 aromatic heterocycles. The molecule has 0 saturated carbocycles. The quantitative estimate of drug-likeness (QED) is 0.506. The lowest BCUT2D eigenvalue weighted by atomic mass is 10.3. The summed E-state index contributed by atoms with van der Waals surface area (Å²) in [5, 5.41) is 0. The number of hydrogen-bond donors (Lipinski definition) is 0. The third kappa shape index (κ3) is 3.97. The predicted molar refractivity (Wildman–Crippen MR) is 46.3 cm³/mol. The highest BCUT2D eigenvalue weighted by molar-refractivity contribution is 7.22. The molecule has 1 aliphatic heterocycles. The number of nitrogens with zero attached hydrogens (tertiary/aromatic N) is 1. The highest BCUT2D eigenvalue weighted by Crippen LogP contribution is 2.12. The van der Waals surface area contributed by atoms with E-state index in [2.05, 4.69) is 18.9 Å². The molecule has 1 rings (SSSR count). The van der Waals surface area contributed by atoms with Gasteiger partial charge in [-0.05, 0) is 33.4 Å². The minimum absolute atomic E-state index is 0.167. The van der Waals surface area contributed by atoms with E-state index in [9.17, 15) is 0 Å². The molecule has 1 heterocycles. The number of rotatable bonds is 0. The van der Waals surface area contributed by atoms with Gasteiger partial charge in [-0.3, -0.25) is 0 Å². The molecule has 1 aliphatic rings. The largest absolute Gasteiger partial charge is 0.321 e. The smallest absolute Gasteiger partial charge is 0.304 e. The maximum absolute atomic E-state index is 8.96. The van der Waals surface area contributed by atoms with E-state index in [4.69, 9.17) is 4.57 Å². The Morgan fingerprint density at radius 3 is 2.20 bits per heavy atom. The Morgan fingerprint density at radius 2 is 2.10 bits per heavy atom. The van der Waals surface area contributed by atoms with E-state index in [0.717, 1.165) is 6.04 Å². The molecule has 2 atom stereocenters. The van der Waals surface area contributed by atoms with E-state index < -0.39 is 0 Å². The third-order valence-corrected chi connectivity index (χ3v) is 1.89. The van der Waals surface area contributed by atoms with Crippen molar-refractivity contribution in [2.75, 3.05) is 20.3 Å². The molecular formula is C7H17NOP+. The highest BCUT2D eigenvalue weighted by atomic mass is 31.1. The van der Waals surface area contributed by atoms with Crippen LogP contribution in [0.15, 0.2) is 0 Å². The van der Waals surface area contributed by atoms with E-state index in [1.807, 2.05) is 0 Å². The van der Waals surface area contributed by atoms with Crippen LogP contribution in [0, 0.1) is 0 Å². The van der Waals surface area contributed by atoms with Crippen molar-refractivity contribution < 1.29 is 4.57 Å².